The molecule has 4 unspecified atom stereocenters. The van der Waals surface area contributed by atoms with Gasteiger partial charge in [0.15, 0.2) is 0 Å². The summed E-state index contributed by atoms with van der Waals surface area (Å²) >= 11 is 6.09. The Balaban J connectivity index is 1.44. The summed E-state index contributed by atoms with van der Waals surface area (Å²) in [5.74, 6) is 1.86. The van der Waals surface area contributed by atoms with Crippen LogP contribution in [0.3, 0.4) is 0 Å². The smallest absolute Gasteiger partial charge is 0.109 e. The molecule has 3 heteroatoms. The van der Waals surface area contributed by atoms with Crippen molar-refractivity contribution < 1.29 is 0 Å². The summed E-state index contributed by atoms with van der Waals surface area (Å²) < 4.78 is 0. The standard InChI is InChI=1S/C26H34N2S/c1-2-6-22-19-13-25(20-7-4-3-5-8-20)15-23(22)26(14-19,17-25)24(29)28-16-18-9-11-21(27)12-10-18/h3-8,16,18-19,21,23H,2,9-15,17,27H2,1H3/b22-6-,28-16?. The molecule has 29 heavy (non-hydrogen) atoms. The predicted molar refractivity (Wildman–Crippen MR) is 125 cm³/mol. The minimum absolute atomic E-state index is 0.108. The minimum Gasteiger partial charge on any atom is -0.328 e. The molecule has 1 aromatic rings. The lowest BCUT2D eigenvalue weighted by Gasteiger charge is -2.41. The summed E-state index contributed by atoms with van der Waals surface area (Å²) in [5, 5.41) is 0. The maximum atomic E-state index is 6.09. The van der Waals surface area contributed by atoms with Crippen LogP contribution in [-0.4, -0.2) is 17.2 Å². The molecule has 0 heterocycles. The molecule has 0 saturated heterocycles. The fraction of sp³-hybridized carbons (Fsp3) is 0.615. The molecular formula is C26H34N2S. The zero-order valence-electron chi connectivity index (χ0n) is 17.6. The summed E-state index contributed by atoms with van der Waals surface area (Å²) in [4.78, 5) is 6.00. The van der Waals surface area contributed by atoms with Gasteiger partial charge in [0.2, 0.25) is 0 Å². The van der Waals surface area contributed by atoms with Crippen molar-refractivity contribution in [2.45, 2.75) is 76.2 Å². The highest BCUT2D eigenvalue weighted by molar-refractivity contribution is 7.80. The molecular weight excluding hydrogens is 372 g/mol. The Morgan fingerprint density at radius 2 is 1.90 bits per heavy atom. The zero-order valence-corrected chi connectivity index (χ0v) is 18.5. The molecule has 5 aliphatic carbocycles. The summed E-state index contributed by atoms with van der Waals surface area (Å²) in [5.41, 5.74) is 9.72. The third kappa shape index (κ3) is 3.16. The van der Waals surface area contributed by atoms with E-state index in [-0.39, 0.29) is 5.41 Å². The fourth-order valence-corrected chi connectivity index (χ4v) is 7.64. The summed E-state index contributed by atoms with van der Waals surface area (Å²) in [6, 6.07) is 11.6. The van der Waals surface area contributed by atoms with E-state index >= 15 is 0 Å². The molecule has 5 fully saturated rings. The van der Waals surface area contributed by atoms with E-state index < -0.39 is 0 Å². The Morgan fingerprint density at radius 1 is 1.14 bits per heavy atom. The first-order valence-electron chi connectivity index (χ1n) is 11.7. The van der Waals surface area contributed by atoms with E-state index in [4.69, 9.17) is 22.9 Å². The quantitative estimate of drug-likeness (QED) is 0.378. The average Bonchev–Trinajstić information content (AvgIpc) is 3.11. The number of hydrogen-bond acceptors (Lipinski definition) is 2. The number of thiocarbonyl (C=S) groups is 1. The first kappa shape index (κ1) is 19.6. The first-order chi connectivity index (χ1) is 14.1. The van der Waals surface area contributed by atoms with Gasteiger partial charge in [-0.1, -0.05) is 61.1 Å². The van der Waals surface area contributed by atoms with Crippen LogP contribution in [-0.2, 0) is 5.41 Å². The van der Waals surface area contributed by atoms with E-state index in [1.807, 2.05) is 0 Å². The van der Waals surface area contributed by atoms with Crippen molar-refractivity contribution in [2.24, 2.45) is 33.9 Å². The number of nitrogens with two attached hydrogens (primary N) is 1. The molecule has 154 valence electrons. The van der Waals surface area contributed by atoms with Crippen molar-refractivity contribution in [3.05, 3.63) is 47.5 Å². The first-order valence-corrected chi connectivity index (χ1v) is 12.1. The monoisotopic (exact) mass is 406 g/mol. The van der Waals surface area contributed by atoms with E-state index in [1.165, 1.54) is 44.1 Å². The highest BCUT2D eigenvalue weighted by Crippen LogP contribution is 2.73. The van der Waals surface area contributed by atoms with Crippen LogP contribution in [0.25, 0.3) is 0 Å². The van der Waals surface area contributed by atoms with Crippen LogP contribution >= 0.6 is 12.2 Å². The maximum Gasteiger partial charge on any atom is 0.109 e. The van der Waals surface area contributed by atoms with Crippen molar-refractivity contribution >= 4 is 23.4 Å². The number of allylic oxidation sites excluding steroid dienone is 2. The van der Waals surface area contributed by atoms with Crippen LogP contribution in [0.1, 0.15) is 70.3 Å². The molecule has 4 atom stereocenters. The number of nitrogens with zero attached hydrogens (tertiary/aromatic N) is 1. The third-order valence-corrected chi connectivity index (χ3v) is 9.02. The van der Waals surface area contributed by atoms with Gasteiger partial charge in [0, 0.05) is 17.7 Å². The van der Waals surface area contributed by atoms with Crippen LogP contribution in [0, 0.1) is 23.2 Å². The second kappa shape index (κ2) is 7.42. The van der Waals surface area contributed by atoms with E-state index in [0.29, 0.717) is 29.2 Å². The summed E-state index contributed by atoms with van der Waals surface area (Å²) in [7, 11) is 0. The largest absolute Gasteiger partial charge is 0.328 e. The Bertz CT molecular complexity index is 836. The minimum atomic E-state index is 0.108. The van der Waals surface area contributed by atoms with Crippen molar-refractivity contribution in [3.8, 4) is 0 Å². The van der Waals surface area contributed by atoms with Gasteiger partial charge in [-0.05, 0) is 86.5 Å². The van der Waals surface area contributed by atoms with E-state index in [1.54, 1.807) is 5.57 Å². The van der Waals surface area contributed by atoms with Crippen molar-refractivity contribution in [3.63, 3.8) is 0 Å². The number of hydrogen-bond donors (Lipinski definition) is 1. The lowest BCUT2D eigenvalue weighted by molar-refractivity contribution is 0.238. The van der Waals surface area contributed by atoms with E-state index in [9.17, 15) is 0 Å². The van der Waals surface area contributed by atoms with Gasteiger partial charge in [0.25, 0.3) is 0 Å². The Hall–Kier alpha value is -1.32. The van der Waals surface area contributed by atoms with Gasteiger partial charge in [-0.2, -0.15) is 0 Å². The topological polar surface area (TPSA) is 38.4 Å². The molecule has 2 N–H and O–H groups in total. The van der Waals surface area contributed by atoms with Gasteiger partial charge in [-0.25, -0.2) is 0 Å². The lowest BCUT2D eigenvalue weighted by atomic mass is 9.63. The molecule has 0 radical (unpaired) electrons. The summed E-state index contributed by atoms with van der Waals surface area (Å²) in [6.45, 7) is 2.27. The van der Waals surface area contributed by atoms with Crippen LogP contribution in [0.2, 0.25) is 0 Å². The van der Waals surface area contributed by atoms with Crippen LogP contribution in [0.5, 0.6) is 0 Å². The Kier molecular flexibility index (Phi) is 5.03. The van der Waals surface area contributed by atoms with Crippen molar-refractivity contribution in [1.29, 1.82) is 0 Å². The molecule has 1 aromatic carbocycles. The highest BCUT2D eigenvalue weighted by atomic mass is 32.1. The maximum absolute atomic E-state index is 6.09. The van der Waals surface area contributed by atoms with Crippen LogP contribution in [0.15, 0.2) is 47.0 Å². The highest BCUT2D eigenvalue weighted by Gasteiger charge is 2.67. The van der Waals surface area contributed by atoms with E-state index in [0.717, 1.165) is 24.3 Å². The Morgan fingerprint density at radius 3 is 2.62 bits per heavy atom. The molecule has 0 aliphatic heterocycles. The van der Waals surface area contributed by atoms with Gasteiger partial charge >= 0.3 is 0 Å². The molecule has 5 aliphatic rings. The second-order valence-electron chi connectivity index (χ2n) is 10.2. The molecule has 6 rings (SSSR count). The molecule has 0 amide bonds. The van der Waals surface area contributed by atoms with Gasteiger partial charge < -0.3 is 5.73 Å². The molecule has 0 aromatic heterocycles. The predicted octanol–water partition coefficient (Wildman–Crippen LogP) is 6.00. The summed E-state index contributed by atoms with van der Waals surface area (Å²) in [6.07, 6.45) is 15.4. The van der Waals surface area contributed by atoms with Gasteiger partial charge in [-0.15, -0.1) is 0 Å². The number of aliphatic imine (C=N–C) groups is 1. The van der Waals surface area contributed by atoms with Gasteiger partial charge in [0.1, 0.15) is 4.99 Å². The van der Waals surface area contributed by atoms with Crippen LogP contribution in [0.4, 0.5) is 0 Å². The van der Waals surface area contributed by atoms with E-state index in [2.05, 4.69) is 49.5 Å². The zero-order chi connectivity index (χ0) is 20.1. The van der Waals surface area contributed by atoms with Gasteiger partial charge in [0.05, 0.1) is 0 Å². The normalized spacial score (nSPS) is 42.2. The third-order valence-electron chi connectivity index (χ3n) is 8.51. The van der Waals surface area contributed by atoms with Crippen molar-refractivity contribution in [2.75, 3.05) is 0 Å². The number of rotatable bonds is 4. The fourth-order valence-electron chi connectivity index (χ4n) is 7.28. The average molecular weight is 407 g/mol. The SMILES string of the molecule is CC/C=C1/C2CC3(c4ccccc4)CC1C(C(=S)N=CC1CCC(N)CC1)(C2)C3. The molecule has 5 saturated carbocycles. The Labute approximate surface area is 181 Å². The lowest BCUT2D eigenvalue weighted by Crippen LogP contribution is -2.36. The van der Waals surface area contributed by atoms with Crippen LogP contribution < -0.4 is 5.73 Å². The molecule has 0 spiro atoms. The van der Waals surface area contributed by atoms with Crippen molar-refractivity contribution in [1.82, 2.24) is 0 Å². The van der Waals surface area contributed by atoms with Gasteiger partial charge in [-0.3, -0.25) is 4.99 Å². The second-order valence-corrected chi connectivity index (χ2v) is 10.6. The molecule has 2 nitrogen and oxygen atoms in total. The molecule has 4 bridgehead atoms. The number of benzene rings is 1.